The highest BCUT2D eigenvalue weighted by molar-refractivity contribution is 5.77. The topological polar surface area (TPSA) is 98.3 Å². The van der Waals surface area contributed by atoms with E-state index in [9.17, 15) is 4.79 Å². The van der Waals surface area contributed by atoms with Crippen molar-refractivity contribution in [1.29, 1.82) is 0 Å². The molecule has 1 heterocycles. The molecule has 22 heavy (non-hydrogen) atoms. The van der Waals surface area contributed by atoms with Gasteiger partial charge in [-0.1, -0.05) is 13.8 Å². The van der Waals surface area contributed by atoms with Crippen molar-refractivity contribution < 1.29 is 14.7 Å². The molecule has 7 nitrogen and oxygen atoms in total. The number of H-pyrrole nitrogens is 1. The van der Waals surface area contributed by atoms with Crippen LogP contribution in [0.25, 0.3) is 0 Å². The zero-order valence-corrected chi connectivity index (χ0v) is 13.3. The van der Waals surface area contributed by atoms with Gasteiger partial charge in [-0.25, -0.2) is 0 Å². The van der Waals surface area contributed by atoms with Crippen LogP contribution in [0, 0.1) is 0 Å². The van der Waals surface area contributed by atoms with Crippen LogP contribution < -0.4 is 5.32 Å². The van der Waals surface area contributed by atoms with E-state index in [0.717, 1.165) is 44.5 Å². The minimum atomic E-state index is -0.250. The quantitative estimate of drug-likeness (QED) is 0.623. The summed E-state index contributed by atoms with van der Waals surface area (Å²) in [6, 6.07) is 0. The van der Waals surface area contributed by atoms with Crippen molar-refractivity contribution in [2.75, 3.05) is 19.6 Å². The van der Waals surface area contributed by atoms with Crippen molar-refractivity contribution in [3.8, 4) is 0 Å². The molecule has 0 spiro atoms. The normalized spacial score (nSPS) is 14.9. The molecule has 1 aliphatic carbocycles. The van der Waals surface area contributed by atoms with E-state index in [4.69, 9.17) is 9.90 Å². The fourth-order valence-electron chi connectivity index (χ4n) is 2.38. The minimum absolute atomic E-state index is 0.0551. The van der Waals surface area contributed by atoms with Crippen molar-refractivity contribution >= 4 is 12.4 Å². The number of carbonyl (C=O) groups is 2. The molecule has 0 unspecified atom stereocenters. The zero-order chi connectivity index (χ0) is 16.4. The molecule has 1 aliphatic rings. The van der Waals surface area contributed by atoms with E-state index in [2.05, 4.69) is 34.3 Å². The van der Waals surface area contributed by atoms with Gasteiger partial charge in [0.05, 0.1) is 11.7 Å². The number of carbonyl (C=O) groups excluding carboxylic acids is 1. The predicted molar refractivity (Wildman–Crippen MR) is 83.5 cm³/mol. The monoisotopic (exact) mass is 310 g/mol. The number of rotatable bonds is 8. The van der Waals surface area contributed by atoms with Gasteiger partial charge in [0.1, 0.15) is 0 Å². The lowest BCUT2D eigenvalue weighted by Gasteiger charge is -2.26. The number of amides is 1. The predicted octanol–water partition coefficient (Wildman–Crippen LogP) is 1.03. The van der Waals surface area contributed by atoms with Crippen LogP contribution in [-0.2, 0) is 16.0 Å². The number of nitrogens with one attached hydrogen (secondary N) is 2. The summed E-state index contributed by atoms with van der Waals surface area (Å²) >= 11 is 0. The molecule has 0 saturated heterocycles. The summed E-state index contributed by atoms with van der Waals surface area (Å²) < 4.78 is 0. The second kappa shape index (κ2) is 9.19. The Kier molecular flexibility index (Phi) is 7.59. The van der Waals surface area contributed by atoms with Gasteiger partial charge in [0.25, 0.3) is 6.47 Å². The van der Waals surface area contributed by atoms with Gasteiger partial charge in [0, 0.05) is 19.2 Å². The first-order chi connectivity index (χ1) is 10.6. The smallest absolute Gasteiger partial charge is 0.290 e. The van der Waals surface area contributed by atoms with Crippen LogP contribution in [-0.4, -0.2) is 57.8 Å². The summed E-state index contributed by atoms with van der Waals surface area (Å²) in [6.07, 6.45) is 7.14. The molecule has 0 aliphatic heterocycles. The molecule has 1 aromatic rings. The molecule has 1 amide bonds. The van der Waals surface area contributed by atoms with Crippen molar-refractivity contribution in [2.24, 2.45) is 0 Å². The third-order valence-corrected chi connectivity index (χ3v) is 3.87. The molecule has 3 N–H and O–H groups in total. The average Bonchev–Trinajstić information content (AvgIpc) is 3.04. The largest absolute Gasteiger partial charge is 0.483 e. The first-order valence-corrected chi connectivity index (χ1v) is 7.68. The molecule has 1 saturated carbocycles. The van der Waals surface area contributed by atoms with E-state index in [1.807, 2.05) is 6.20 Å². The van der Waals surface area contributed by atoms with Gasteiger partial charge < -0.3 is 15.3 Å². The summed E-state index contributed by atoms with van der Waals surface area (Å²) in [7, 11) is 0. The van der Waals surface area contributed by atoms with E-state index in [-0.39, 0.29) is 17.9 Å². The Hall–Kier alpha value is -1.89. The Morgan fingerprint density at radius 2 is 2.14 bits per heavy atom. The van der Waals surface area contributed by atoms with Crippen LogP contribution in [0.2, 0.25) is 0 Å². The first-order valence-electron chi connectivity index (χ1n) is 7.68. The Balaban J connectivity index is 0.000000745. The molecular weight excluding hydrogens is 284 g/mol. The lowest BCUT2D eigenvalue weighted by molar-refractivity contribution is -0.123. The SMILES string of the molecule is CCN(CC)CC1(NC(=O)CCc2cn[nH]c2)CC1.O=CO. The highest BCUT2D eigenvalue weighted by Gasteiger charge is 2.44. The summed E-state index contributed by atoms with van der Waals surface area (Å²) in [5.41, 5.74) is 1.14. The maximum atomic E-state index is 12.0. The molecule has 7 heteroatoms. The average molecular weight is 310 g/mol. The molecule has 1 fully saturated rings. The maximum Gasteiger partial charge on any atom is 0.290 e. The van der Waals surface area contributed by atoms with Crippen LogP contribution in [0.3, 0.4) is 0 Å². The van der Waals surface area contributed by atoms with Gasteiger partial charge in [-0.05, 0) is 37.9 Å². The lowest BCUT2D eigenvalue weighted by atomic mass is 10.1. The van der Waals surface area contributed by atoms with E-state index < -0.39 is 0 Å². The molecule has 0 bridgehead atoms. The second-order valence-corrected chi connectivity index (χ2v) is 5.50. The number of aromatic amines is 1. The van der Waals surface area contributed by atoms with Crippen LogP contribution >= 0.6 is 0 Å². The molecule has 0 atom stereocenters. The summed E-state index contributed by atoms with van der Waals surface area (Å²) in [4.78, 5) is 22.7. The number of aryl methyl sites for hydroxylation is 1. The summed E-state index contributed by atoms with van der Waals surface area (Å²) in [5.74, 6) is 0.158. The summed E-state index contributed by atoms with van der Waals surface area (Å²) in [5, 5.41) is 16.8. The fraction of sp³-hybridized carbons (Fsp3) is 0.667. The molecular formula is C15H26N4O3. The Morgan fingerprint density at radius 1 is 1.50 bits per heavy atom. The zero-order valence-electron chi connectivity index (χ0n) is 13.3. The number of hydrogen-bond acceptors (Lipinski definition) is 4. The van der Waals surface area contributed by atoms with Crippen LogP contribution in [0.4, 0.5) is 0 Å². The molecule has 0 radical (unpaired) electrons. The van der Waals surface area contributed by atoms with Crippen molar-refractivity contribution in [3.05, 3.63) is 18.0 Å². The van der Waals surface area contributed by atoms with Gasteiger partial charge in [-0.15, -0.1) is 0 Å². The number of carboxylic acid groups (broad SMARTS) is 1. The molecule has 2 rings (SSSR count). The second-order valence-electron chi connectivity index (χ2n) is 5.50. The molecule has 1 aromatic heterocycles. The van der Waals surface area contributed by atoms with Gasteiger partial charge in [0.2, 0.25) is 5.91 Å². The van der Waals surface area contributed by atoms with E-state index >= 15 is 0 Å². The Bertz CT molecular complexity index is 440. The van der Waals surface area contributed by atoms with Gasteiger partial charge in [-0.3, -0.25) is 14.7 Å². The van der Waals surface area contributed by atoms with Crippen molar-refractivity contribution in [2.45, 2.75) is 45.1 Å². The Morgan fingerprint density at radius 3 is 2.59 bits per heavy atom. The standard InChI is InChI=1S/C14H24N4O.CH2O2/c1-3-18(4-2)11-14(7-8-14)17-13(19)6-5-12-9-15-16-10-12;2-1-3/h9-10H,3-8,11H2,1-2H3,(H,15,16)(H,17,19);1H,(H,2,3). The highest BCUT2D eigenvalue weighted by Crippen LogP contribution is 2.36. The molecule has 0 aromatic carbocycles. The van der Waals surface area contributed by atoms with Crippen LogP contribution in [0.1, 0.15) is 38.7 Å². The number of likely N-dealkylation sites (N-methyl/N-ethyl adjacent to an activating group) is 1. The third kappa shape index (κ3) is 6.26. The van der Waals surface area contributed by atoms with Gasteiger partial charge >= 0.3 is 0 Å². The maximum absolute atomic E-state index is 12.0. The molecule has 124 valence electrons. The number of nitrogens with zero attached hydrogens (tertiary/aromatic N) is 2. The number of hydrogen-bond donors (Lipinski definition) is 3. The Labute approximate surface area is 131 Å². The minimum Gasteiger partial charge on any atom is -0.483 e. The number of aromatic nitrogens is 2. The lowest BCUT2D eigenvalue weighted by Crippen LogP contribution is -2.45. The first kappa shape index (κ1) is 18.2. The van der Waals surface area contributed by atoms with E-state index in [0.29, 0.717) is 6.42 Å². The fourth-order valence-corrected chi connectivity index (χ4v) is 2.38. The van der Waals surface area contributed by atoms with E-state index in [1.54, 1.807) is 6.20 Å². The van der Waals surface area contributed by atoms with E-state index in [1.165, 1.54) is 0 Å². The van der Waals surface area contributed by atoms with Crippen molar-refractivity contribution in [1.82, 2.24) is 20.4 Å². The third-order valence-electron chi connectivity index (χ3n) is 3.87. The van der Waals surface area contributed by atoms with Crippen LogP contribution in [0.15, 0.2) is 12.4 Å². The van der Waals surface area contributed by atoms with Gasteiger partial charge in [-0.2, -0.15) is 5.10 Å². The van der Waals surface area contributed by atoms with Crippen molar-refractivity contribution in [3.63, 3.8) is 0 Å². The highest BCUT2D eigenvalue weighted by atomic mass is 16.3. The van der Waals surface area contributed by atoms with Gasteiger partial charge in [0.15, 0.2) is 0 Å². The van der Waals surface area contributed by atoms with Crippen LogP contribution in [0.5, 0.6) is 0 Å². The summed E-state index contributed by atoms with van der Waals surface area (Å²) in [6.45, 7) is 7.16.